The molecule has 14 heavy (non-hydrogen) atoms. The predicted molar refractivity (Wildman–Crippen MR) is 49.2 cm³/mol. The van der Waals surface area contributed by atoms with E-state index in [0.717, 1.165) is 0 Å². The molecule has 0 aromatic heterocycles. The molecule has 2 amide bonds. The molecule has 1 aliphatic rings. The fourth-order valence-electron chi connectivity index (χ4n) is 1.49. The number of rotatable bonds is 3. The van der Waals surface area contributed by atoms with E-state index in [2.05, 4.69) is 0 Å². The quantitative estimate of drug-likeness (QED) is 0.554. The maximum atomic E-state index is 11.0. The van der Waals surface area contributed by atoms with E-state index in [0.29, 0.717) is 13.2 Å². The predicted octanol–water partition coefficient (Wildman–Crippen LogP) is -1.95. The molecule has 0 spiro atoms. The van der Waals surface area contributed by atoms with Crippen molar-refractivity contribution in [3.63, 3.8) is 0 Å². The highest BCUT2D eigenvalue weighted by molar-refractivity contribution is 5.83. The summed E-state index contributed by atoms with van der Waals surface area (Å²) in [7, 11) is 0. The van der Waals surface area contributed by atoms with Gasteiger partial charge in [0, 0.05) is 6.54 Å². The van der Waals surface area contributed by atoms with Crippen molar-refractivity contribution in [3.05, 3.63) is 0 Å². The van der Waals surface area contributed by atoms with Crippen molar-refractivity contribution in [2.24, 2.45) is 11.5 Å². The van der Waals surface area contributed by atoms with Crippen molar-refractivity contribution in [1.29, 1.82) is 0 Å². The van der Waals surface area contributed by atoms with E-state index in [9.17, 15) is 9.59 Å². The minimum absolute atomic E-state index is 0.229. The number of nitrogens with zero attached hydrogens (tertiary/aromatic N) is 1. The maximum absolute atomic E-state index is 11.0. The normalized spacial score (nSPS) is 25.6. The van der Waals surface area contributed by atoms with Crippen molar-refractivity contribution in [1.82, 2.24) is 4.90 Å². The number of ether oxygens (including phenoxy) is 1. The third-order valence-electron chi connectivity index (χ3n) is 2.41. The van der Waals surface area contributed by atoms with E-state index >= 15 is 0 Å². The number of amides is 2. The van der Waals surface area contributed by atoms with Gasteiger partial charge in [0.25, 0.3) is 0 Å². The van der Waals surface area contributed by atoms with E-state index in [4.69, 9.17) is 16.2 Å². The fraction of sp³-hybridized carbons (Fsp3) is 0.750. The van der Waals surface area contributed by atoms with E-state index in [-0.39, 0.29) is 6.61 Å². The van der Waals surface area contributed by atoms with E-state index in [1.807, 2.05) is 0 Å². The van der Waals surface area contributed by atoms with Crippen molar-refractivity contribution >= 4 is 11.8 Å². The summed E-state index contributed by atoms with van der Waals surface area (Å²) in [5, 5.41) is 0. The lowest BCUT2D eigenvalue weighted by atomic mass is 10.1. The summed E-state index contributed by atoms with van der Waals surface area (Å²) in [6.45, 7) is 2.87. The van der Waals surface area contributed by atoms with Gasteiger partial charge in [0.15, 0.2) is 0 Å². The average molecular weight is 201 g/mol. The van der Waals surface area contributed by atoms with Crippen LogP contribution in [-0.4, -0.2) is 48.6 Å². The Balaban J connectivity index is 2.72. The van der Waals surface area contributed by atoms with Gasteiger partial charge in [-0.3, -0.25) is 14.5 Å². The number of primary amides is 2. The Kier molecular flexibility index (Phi) is 3.43. The molecule has 2 atom stereocenters. The molecule has 4 N–H and O–H groups in total. The van der Waals surface area contributed by atoms with Crippen LogP contribution in [-0.2, 0) is 14.3 Å². The monoisotopic (exact) mass is 201 g/mol. The molecule has 0 bridgehead atoms. The van der Waals surface area contributed by atoms with Crippen LogP contribution in [0.3, 0.4) is 0 Å². The maximum Gasteiger partial charge on any atom is 0.237 e. The highest BCUT2D eigenvalue weighted by Crippen LogP contribution is 2.10. The van der Waals surface area contributed by atoms with Gasteiger partial charge >= 0.3 is 0 Å². The van der Waals surface area contributed by atoms with Crippen LogP contribution in [0.25, 0.3) is 0 Å². The smallest absolute Gasteiger partial charge is 0.237 e. The third-order valence-corrected chi connectivity index (χ3v) is 2.41. The Labute approximate surface area is 82.2 Å². The Bertz CT molecular complexity index is 244. The molecule has 1 heterocycles. The Morgan fingerprint density at radius 1 is 1.50 bits per heavy atom. The molecule has 0 saturated carbocycles. The highest BCUT2D eigenvalue weighted by Gasteiger charge is 2.33. The van der Waals surface area contributed by atoms with Crippen LogP contribution < -0.4 is 11.5 Å². The summed E-state index contributed by atoms with van der Waals surface area (Å²) >= 11 is 0. The molecule has 0 aromatic rings. The Morgan fingerprint density at radius 3 is 2.64 bits per heavy atom. The van der Waals surface area contributed by atoms with Gasteiger partial charge in [0.05, 0.1) is 19.3 Å². The standard InChI is InChI=1S/C8H15N3O3/c1-5(7(9)12)11-2-3-14-4-6(11)8(10)13/h5-6H,2-4H2,1H3,(H2,9,12)(H2,10,13). The first-order valence-corrected chi connectivity index (χ1v) is 4.46. The van der Waals surface area contributed by atoms with Gasteiger partial charge in [-0.15, -0.1) is 0 Å². The van der Waals surface area contributed by atoms with E-state index in [1.165, 1.54) is 0 Å². The minimum atomic E-state index is -0.550. The van der Waals surface area contributed by atoms with Gasteiger partial charge < -0.3 is 16.2 Å². The van der Waals surface area contributed by atoms with Crippen LogP contribution in [0.4, 0.5) is 0 Å². The van der Waals surface area contributed by atoms with E-state index < -0.39 is 23.9 Å². The molecule has 80 valence electrons. The van der Waals surface area contributed by atoms with Crippen LogP contribution in [0.1, 0.15) is 6.92 Å². The van der Waals surface area contributed by atoms with Crippen LogP contribution in [0, 0.1) is 0 Å². The number of morpholine rings is 1. The van der Waals surface area contributed by atoms with E-state index in [1.54, 1.807) is 11.8 Å². The first kappa shape index (κ1) is 10.9. The fourth-order valence-corrected chi connectivity index (χ4v) is 1.49. The van der Waals surface area contributed by atoms with Crippen LogP contribution >= 0.6 is 0 Å². The molecule has 0 aliphatic carbocycles. The summed E-state index contributed by atoms with van der Waals surface area (Å²) in [6.07, 6.45) is 0. The average Bonchev–Trinajstić information content (AvgIpc) is 2.16. The zero-order valence-corrected chi connectivity index (χ0v) is 8.10. The summed E-state index contributed by atoms with van der Waals surface area (Å²) in [4.78, 5) is 23.7. The summed E-state index contributed by atoms with van der Waals surface area (Å²) < 4.78 is 5.11. The lowest BCUT2D eigenvalue weighted by molar-refractivity contribution is -0.135. The summed E-state index contributed by atoms with van der Waals surface area (Å²) in [6, 6.07) is -1.04. The Morgan fingerprint density at radius 2 is 2.14 bits per heavy atom. The molecule has 6 heteroatoms. The number of nitrogens with two attached hydrogens (primary N) is 2. The van der Waals surface area contributed by atoms with Gasteiger partial charge in [-0.2, -0.15) is 0 Å². The number of carbonyl (C=O) groups excluding carboxylic acids is 2. The van der Waals surface area contributed by atoms with Gasteiger partial charge in [-0.1, -0.05) is 0 Å². The molecule has 1 saturated heterocycles. The SMILES string of the molecule is CC(C(N)=O)N1CCOCC1C(N)=O. The second-order valence-electron chi connectivity index (χ2n) is 3.31. The number of hydrogen-bond donors (Lipinski definition) is 2. The summed E-state index contributed by atoms with van der Waals surface area (Å²) in [5.41, 5.74) is 10.3. The molecule has 0 aromatic carbocycles. The van der Waals surface area contributed by atoms with Crippen molar-refractivity contribution in [2.45, 2.75) is 19.0 Å². The lowest BCUT2D eigenvalue weighted by Gasteiger charge is -2.36. The molecule has 0 radical (unpaired) electrons. The molecule has 1 fully saturated rings. The minimum Gasteiger partial charge on any atom is -0.378 e. The van der Waals surface area contributed by atoms with Gasteiger partial charge in [0.1, 0.15) is 6.04 Å². The second kappa shape index (κ2) is 4.39. The third kappa shape index (κ3) is 2.21. The first-order chi connectivity index (χ1) is 6.54. The highest BCUT2D eigenvalue weighted by atomic mass is 16.5. The first-order valence-electron chi connectivity index (χ1n) is 4.46. The van der Waals surface area contributed by atoms with Gasteiger partial charge in [0.2, 0.25) is 11.8 Å². The molecular weight excluding hydrogens is 186 g/mol. The topological polar surface area (TPSA) is 98.7 Å². The second-order valence-corrected chi connectivity index (χ2v) is 3.31. The van der Waals surface area contributed by atoms with Crippen LogP contribution in [0.5, 0.6) is 0 Å². The Hall–Kier alpha value is -1.14. The van der Waals surface area contributed by atoms with Gasteiger partial charge in [-0.25, -0.2) is 0 Å². The van der Waals surface area contributed by atoms with Gasteiger partial charge in [-0.05, 0) is 6.92 Å². The molecule has 6 nitrogen and oxygen atoms in total. The van der Waals surface area contributed by atoms with Crippen molar-refractivity contribution in [3.8, 4) is 0 Å². The zero-order valence-electron chi connectivity index (χ0n) is 8.10. The lowest BCUT2D eigenvalue weighted by Crippen LogP contribution is -2.58. The summed E-state index contributed by atoms with van der Waals surface area (Å²) in [5.74, 6) is -0.948. The molecule has 1 rings (SSSR count). The van der Waals surface area contributed by atoms with Crippen LogP contribution in [0.15, 0.2) is 0 Å². The molecular formula is C8H15N3O3. The number of hydrogen-bond acceptors (Lipinski definition) is 4. The van der Waals surface area contributed by atoms with Crippen molar-refractivity contribution in [2.75, 3.05) is 19.8 Å². The molecule has 1 aliphatic heterocycles. The zero-order chi connectivity index (χ0) is 10.7. The van der Waals surface area contributed by atoms with Crippen LogP contribution in [0.2, 0.25) is 0 Å². The van der Waals surface area contributed by atoms with Crippen molar-refractivity contribution < 1.29 is 14.3 Å². The number of carbonyl (C=O) groups is 2. The largest absolute Gasteiger partial charge is 0.378 e. The molecule has 2 unspecified atom stereocenters.